The zero-order valence-electron chi connectivity index (χ0n) is 22.9. The number of phosphoric acid groups is 1. The highest BCUT2D eigenvalue weighted by Gasteiger charge is 2.25. The number of carbonyl (C=O) groups is 1. The van der Waals surface area contributed by atoms with Crippen LogP contribution in [0.5, 0.6) is 11.5 Å². The molecule has 0 aliphatic carbocycles. The van der Waals surface area contributed by atoms with Gasteiger partial charge < -0.3 is 14.6 Å². The van der Waals surface area contributed by atoms with E-state index in [-0.39, 0.29) is 24.0 Å². The first-order valence-electron chi connectivity index (χ1n) is 13.6. The van der Waals surface area contributed by atoms with Crippen LogP contribution < -0.4 is 14.6 Å². The van der Waals surface area contributed by atoms with Gasteiger partial charge >= 0.3 is 7.82 Å². The molecule has 0 atom stereocenters. The van der Waals surface area contributed by atoms with Crippen LogP contribution in [0.1, 0.15) is 79.7 Å². The predicted octanol–water partition coefficient (Wildman–Crippen LogP) is 6.72. The summed E-state index contributed by atoms with van der Waals surface area (Å²) in [5.74, 6) is 0.209. The Labute approximate surface area is 231 Å². The average Bonchev–Trinajstić information content (AvgIpc) is 2.91. The highest BCUT2D eigenvalue weighted by molar-refractivity contribution is 7.46. The van der Waals surface area contributed by atoms with Crippen molar-refractivity contribution in [3.63, 3.8) is 0 Å². The van der Waals surface area contributed by atoms with Gasteiger partial charge in [0.15, 0.2) is 11.5 Å². The van der Waals surface area contributed by atoms with Crippen LogP contribution >= 0.6 is 7.82 Å². The molecule has 0 aromatic heterocycles. The normalized spacial score (nSPS) is 11.3. The fraction of sp³-hybridized carbons (Fsp3) is 0.387. The lowest BCUT2D eigenvalue weighted by molar-refractivity contribution is -0.121. The summed E-state index contributed by atoms with van der Waals surface area (Å²) in [6, 6.07) is 21.2. The Balaban J connectivity index is 1.96. The summed E-state index contributed by atoms with van der Waals surface area (Å²) in [4.78, 5) is 32.0. The molecule has 0 fully saturated rings. The number of hydrogen-bond donors (Lipinski definition) is 3. The molecular formula is C31H40NO6P. The van der Waals surface area contributed by atoms with Crippen LogP contribution in [0, 0.1) is 0 Å². The molecule has 3 rings (SSSR count). The largest absolute Gasteiger partial charge is 0.524 e. The Hall–Kier alpha value is -3.12. The van der Waals surface area contributed by atoms with Crippen molar-refractivity contribution in [3.05, 3.63) is 94.5 Å². The minimum absolute atomic E-state index is 0.0173. The molecule has 0 saturated heterocycles. The fourth-order valence-electron chi connectivity index (χ4n) is 4.73. The van der Waals surface area contributed by atoms with Gasteiger partial charge in [0.2, 0.25) is 5.91 Å². The molecule has 0 bridgehead atoms. The highest BCUT2D eigenvalue weighted by atomic mass is 31.2. The van der Waals surface area contributed by atoms with Crippen molar-refractivity contribution < 1.29 is 28.4 Å². The van der Waals surface area contributed by atoms with E-state index in [0.29, 0.717) is 19.3 Å². The quantitative estimate of drug-likeness (QED) is 0.134. The third-order valence-electron chi connectivity index (χ3n) is 6.66. The lowest BCUT2D eigenvalue weighted by Gasteiger charge is -2.22. The van der Waals surface area contributed by atoms with Crippen molar-refractivity contribution in [3.8, 4) is 11.5 Å². The number of amides is 1. The lowest BCUT2D eigenvalue weighted by Crippen LogP contribution is -2.24. The summed E-state index contributed by atoms with van der Waals surface area (Å²) < 4.78 is 22.6. The van der Waals surface area contributed by atoms with E-state index in [1.807, 2.05) is 60.7 Å². The predicted molar refractivity (Wildman–Crippen MR) is 154 cm³/mol. The molecule has 8 heteroatoms. The molecule has 0 unspecified atom stereocenters. The summed E-state index contributed by atoms with van der Waals surface area (Å²) in [5.41, 5.74) is 4.40. The molecular weight excluding hydrogens is 513 g/mol. The number of benzene rings is 3. The molecule has 7 nitrogen and oxygen atoms in total. The number of carbonyl (C=O) groups excluding carboxylic acids is 1. The average molecular weight is 554 g/mol. The molecule has 0 aliphatic heterocycles. The molecule has 0 saturated carbocycles. The second kappa shape index (κ2) is 15.5. The van der Waals surface area contributed by atoms with Gasteiger partial charge in [-0.3, -0.25) is 14.6 Å². The SMILES string of the molecule is CCCCCCCCC(=O)NCc1c(Cc2ccccc2)cc(OP(=O)(O)O)c(OC)c1Cc1ccccc1. The van der Waals surface area contributed by atoms with Crippen LogP contribution in [0.4, 0.5) is 0 Å². The fourth-order valence-corrected chi connectivity index (χ4v) is 5.12. The smallest absolute Gasteiger partial charge is 0.493 e. The molecule has 0 heterocycles. The number of unbranched alkanes of at least 4 members (excludes halogenated alkanes) is 5. The van der Waals surface area contributed by atoms with Crippen LogP contribution in [-0.4, -0.2) is 22.8 Å². The number of ether oxygens (including phenoxy) is 1. The van der Waals surface area contributed by atoms with Crippen LogP contribution in [-0.2, 0) is 28.7 Å². The van der Waals surface area contributed by atoms with Crippen molar-refractivity contribution in [2.45, 2.75) is 71.3 Å². The third-order valence-corrected chi connectivity index (χ3v) is 7.09. The van der Waals surface area contributed by atoms with Gasteiger partial charge in [0, 0.05) is 24.9 Å². The van der Waals surface area contributed by atoms with E-state index >= 15 is 0 Å². The summed E-state index contributed by atoms with van der Waals surface area (Å²) in [6.07, 6.45) is 8.04. The van der Waals surface area contributed by atoms with E-state index in [9.17, 15) is 19.1 Å². The minimum Gasteiger partial charge on any atom is -0.493 e. The number of nitrogens with one attached hydrogen (secondary N) is 1. The maximum atomic E-state index is 12.8. The molecule has 0 radical (unpaired) electrons. The van der Waals surface area contributed by atoms with E-state index in [4.69, 9.17) is 9.26 Å². The minimum atomic E-state index is -4.85. The Kier molecular flexibility index (Phi) is 12.1. The second-order valence-electron chi connectivity index (χ2n) is 9.73. The van der Waals surface area contributed by atoms with Gasteiger partial charge in [0.25, 0.3) is 0 Å². The van der Waals surface area contributed by atoms with Crippen molar-refractivity contribution in [2.24, 2.45) is 0 Å². The van der Waals surface area contributed by atoms with E-state index in [1.54, 1.807) is 6.07 Å². The summed E-state index contributed by atoms with van der Waals surface area (Å²) in [7, 11) is -3.40. The van der Waals surface area contributed by atoms with Gasteiger partial charge in [-0.2, -0.15) is 0 Å². The van der Waals surface area contributed by atoms with Crippen molar-refractivity contribution in [1.29, 1.82) is 0 Å². The van der Waals surface area contributed by atoms with Gasteiger partial charge in [-0.15, -0.1) is 0 Å². The maximum absolute atomic E-state index is 12.8. The number of methoxy groups -OCH3 is 1. The van der Waals surface area contributed by atoms with Gasteiger partial charge in [-0.1, -0.05) is 99.7 Å². The zero-order valence-corrected chi connectivity index (χ0v) is 23.8. The topological polar surface area (TPSA) is 105 Å². The molecule has 3 N–H and O–H groups in total. The van der Waals surface area contributed by atoms with Crippen LogP contribution in [0.2, 0.25) is 0 Å². The van der Waals surface area contributed by atoms with Crippen LogP contribution in [0.15, 0.2) is 66.7 Å². The first-order chi connectivity index (χ1) is 18.8. The van der Waals surface area contributed by atoms with E-state index < -0.39 is 7.82 Å². The molecule has 210 valence electrons. The Morgan fingerprint density at radius 2 is 1.44 bits per heavy atom. The van der Waals surface area contributed by atoms with Crippen LogP contribution in [0.25, 0.3) is 0 Å². The van der Waals surface area contributed by atoms with E-state index in [1.165, 1.54) is 26.4 Å². The Morgan fingerprint density at radius 1 is 0.846 bits per heavy atom. The van der Waals surface area contributed by atoms with Crippen molar-refractivity contribution >= 4 is 13.7 Å². The standard InChI is InChI=1S/C31H40NO6P/c1-3-4-5-6-7-14-19-30(33)32-23-28-26(20-24-15-10-8-11-16-24)22-29(38-39(34,35)36)31(37-2)27(28)21-25-17-12-9-13-18-25/h8-13,15-18,22H,3-7,14,19-21,23H2,1-2H3,(H,32,33)(H2,34,35,36). The molecule has 0 spiro atoms. The summed E-state index contributed by atoms with van der Waals surface area (Å²) in [6.45, 7) is 2.46. The van der Waals surface area contributed by atoms with Gasteiger partial charge in [0.1, 0.15) is 0 Å². The Bertz CT molecular complexity index is 1230. The second-order valence-corrected chi connectivity index (χ2v) is 10.9. The van der Waals surface area contributed by atoms with E-state index in [0.717, 1.165) is 47.1 Å². The van der Waals surface area contributed by atoms with E-state index in [2.05, 4.69) is 12.2 Å². The zero-order chi connectivity index (χ0) is 28.1. The van der Waals surface area contributed by atoms with Gasteiger partial charge in [-0.05, 0) is 41.2 Å². The molecule has 1 amide bonds. The van der Waals surface area contributed by atoms with Crippen molar-refractivity contribution in [1.82, 2.24) is 5.32 Å². The van der Waals surface area contributed by atoms with Gasteiger partial charge in [-0.25, -0.2) is 4.57 Å². The number of hydrogen-bond acceptors (Lipinski definition) is 4. The number of phosphoric ester groups is 1. The first kappa shape index (κ1) is 30.4. The highest BCUT2D eigenvalue weighted by Crippen LogP contribution is 2.46. The summed E-state index contributed by atoms with van der Waals surface area (Å²) in [5, 5.41) is 3.08. The first-order valence-corrected chi connectivity index (χ1v) is 15.1. The van der Waals surface area contributed by atoms with Crippen LogP contribution in [0.3, 0.4) is 0 Å². The Morgan fingerprint density at radius 3 is 2.03 bits per heavy atom. The third kappa shape index (κ3) is 10.2. The molecule has 39 heavy (non-hydrogen) atoms. The van der Waals surface area contributed by atoms with Crippen molar-refractivity contribution in [2.75, 3.05) is 7.11 Å². The molecule has 0 aliphatic rings. The molecule has 3 aromatic carbocycles. The maximum Gasteiger partial charge on any atom is 0.524 e. The molecule has 3 aromatic rings. The monoisotopic (exact) mass is 553 g/mol. The van der Waals surface area contributed by atoms with Gasteiger partial charge in [0.05, 0.1) is 7.11 Å². The lowest BCUT2D eigenvalue weighted by atomic mass is 9.91. The summed E-state index contributed by atoms with van der Waals surface area (Å²) >= 11 is 0. The number of rotatable bonds is 16.